The topological polar surface area (TPSA) is 48.5 Å². The Bertz CT molecular complexity index is 700. The Morgan fingerprint density at radius 1 is 1.08 bits per heavy atom. The second-order valence-corrected chi connectivity index (χ2v) is 6.73. The molecule has 1 atom stereocenters. The molecule has 1 aromatic heterocycles. The lowest BCUT2D eigenvalue weighted by atomic mass is 9.99. The standard InChI is InChI=1S/C20H25FN4O/c1-24-12-14-25(15-13-24)11-8-19(26)23-20(17-6-9-22-10-7-17)16-2-4-18(21)5-3-16/h2-7,9-10,20H,8,11-15H2,1H3,(H,23,26)/t20-/m0/s1. The van der Waals surface area contributed by atoms with Crippen molar-refractivity contribution >= 4 is 5.91 Å². The molecule has 3 rings (SSSR count). The van der Waals surface area contributed by atoms with E-state index in [0.717, 1.165) is 43.9 Å². The summed E-state index contributed by atoms with van der Waals surface area (Å²) in [5, 5.41) is 3.09. The number of nitrogens with zero attached hydrogens (tertiary/aromatic N) is 3. The van der Waals surface area contributed by atoms with Crippen LogP contribution in [0.2, 0.25) is 0 Å². The van der Waals surface area contributed by atoms with Gasteiger partial charge in [0.05, 0.1) is 6.04 Å². The Morgan fingerprint density at radius 3 is 2.35 bits per heavy atom. The number of carbonyl (C=O) groups excluding carboxylic acids is 1. The van der Waals surface area contributed by atoms with Crippen LogP contribution in [0.4, 0.5) is 4.39 Å². The van der Waals surface area contributed by atoms with E-state index in [2.05, 4.69) is 27.1 Å². The van der Waals surface area contributed by atoms with Crippen LogP contribution in [0.15, 0.2) is 48.8 Å². The monoisotopic (exact) mass is 356 g/mol. The molecule has 1 saturated heterocycles. The zero-order chi connectivity index (χ0) is 18.4. The number of carbonyl (C=O) groups is 1. The van der Waals surface area contributed by atoms with Crippen molar-refractivity contribution in [2.75, 3.05) is 39.8 Å². The third-order valence-corrected chi connectivity index (χ3v) is 4.80. The van der Waals surface area contributed by atoms with Crippen LogP contribution < -0.4 is 5.32 Å². The summed E-state index contributed by atoms with van der Waals surface area (Å²) in [6, 6.07) is 9.68. The van der Waals surface area contributed by atoms with Gasteiger partial charge in [-0.25, -0.2) is 4.39 Å². The van der Waals surface area contributed by atoms with Gasteiger partial charge < -0.3 is 15.1 Å². The van der Waals surface area contributed by atoms with Gasteiger partial charge in [0, 0.05) is 51.5 Å². The normalized spacial score (nSPS) is 17.0. The highest BCUT2D eigenvalue weighted by Gasteiger charge is 2.19. The number of hydrogen-bond acceptors (Lipinski definition) is 4. The zero-order valence-electron chi connectivity index (χ0n) is 15.1. The lowest BCUT2D eigenvalue weighted by Gasteiger charge is -2.32. The van der Waals surface area contributed by atoms with Gasteiger partial charge in [-0.3, -0.25) is 9.78 Å². The van der Waals surface area contributed by atoms with E-state index >= 15 is 0 Å². The SMILES string of the molecule is CN1CCN(CCC(=O)N[C@H](c2ccncc2)c2ccc(F)cc2)CC1. The Morgan fingerprint density at radius 2 is 1.69 bits per heavy atom. The molecule has 1 amide bonds. The average Bonchev–Trinajstić information content (AvgIpc) is 2.67. The average molecular weight is 356 g/mol. The van der Waals surface area contributed by atoms with Gasteiger partial charge in [-0.2, -0.15) is 0 Å². The fraction of sp³-hybridized carbons (Fsp3) is 0.400. The molecule has 1 fully saturated rings. The molecule has 0 unspecified atom stereocenters. The van der Waals surface area contributed by atoms with Gasteiger partial charge in [-0.1, -0.05) is 12.1 Å². The Balaban J connectivity index is 1.63. The van der Waals surface area contributed by atoms with Crippen LogP contribution in [0.3, 0.4) is 0 Å². The third-order valence-electron chi connectivity index (χ3n) is 4.80. The first-order chi connectivity index (χ1) is 12.6. The van der Waals surface area contributed by atoms with E-state index in [9.17, 15) is 9.18 Å². The Labute approximate surface area is 153 Å². The van der Waals surface area contributed by atoms with Crippen molar-refractivity contribution in [2.45, 2.75) is 12.5 Å². The van der Waals surface area contributed by atoms with E-state index in [1.54, 1.807) is 24.5 Å². The minimum atomic E-state index is -0.307. The van der Waals surface area contributed by atoms with Crippen LogP contribution in [-0.4, -0.2) is 60.5 Å². The molecule has 138 valence electrons. The first-order valence-electron chi connectivity index (χ1n) is 8.97. The maximum Gasteiger partial charge on any atom is 0.222 e. The zero-order valence-corrected chi connectivity index (χ0v) is 15.1. The first-order valence-corrected chi connectivity index (χ1v) is 8.97. The molecule has 5 nitrogen and oxygen atoms in total. The van der Waals surface area contributed by atoms with Crippen molar-refractivity contribution in [3.05, 3.63) is 65.7 Å². The summed E-state index contributed by atoms with van der Waals surface area (Å²) in [7, 11) is 2.12. The molecule has 2 heterocycles. The van der Waals surface area contributed by atoms with E-state index < -0.39 is 0 Å². The molecule has 2 aromatic rings. The Hall–Kier alpha value is -2.31. The number of pyridine rings is 1. The van der Waals surface area contributed by atoms with Crippen molar-refractivity contribution in [2.24, 2.45) is 0 Å². The molecule has 26 heavy (non-hydrogen) atoms. The molecule has 6 heteroatoms. The second kappa shape index (κ2) is 8.87. The van der Waals surface area contributed by atoms with Crippen LogP contribution >= 0.6 is 0 Å². The summed E-state index contributed by atoms with van der Waals surface area (Å²) in [6.45, 7) is 4.82. The number of likely N-dealkylation sites (N-methyl/N-ethyl adjacent to an activating group) is 1. The smallest absolute Gasteiger partial charge is 0.222 e. The van der Waals surface area contributed by atoms with Gasteiger partial charge in [0.15, 0.2) is 0 Å². The minimum absolute atomic E-state index is 0.00457. The molecular weight excluding hydrogens is 331 g/mol. The summed E-state index contributed by atoms with van der Waals surface area (Å²) in [6.07, 6.45) is 3.84. The number of benzene rings is 1. The summed E-state index contributed by atoms with van der Waals surface area (Å²) in [5.74, 6) is -0.293. The molecule has 1 aliphatic rings. The molecule has 0 bridgehead atoms. The molecule has 1 aliphatic heterocycles. The van der Waals surface area contributed by atoms with Gasteiger partial charge >= 0.3 is 0 Å². The highest BCUT2D eigenvalue weighted by molar-refractivity contribution is 5.77. The molecule has 1 aromatic carbocycles. The van der Waals surface area contributed by atoms with E-state index in [1.807, 2.05) is 12.1 Å². The number of hydrogen-bond donors (Lipinski definition) is 1. The van der Waals surface area contributed by atoms with Gasteiger partial charge in [0.25, 0.3) is 0 Å². The highest BCUT2D eigenvalue weighted by atomic mass is 19.1. The predicted octanol–water partition coefficient (Wildman–Crippen LogP) is 2.06. The lowest BCUT2D eigenvalue weighted by molar-refractivity contribution is -0.122. The number of nitrogens with one attached hydrogen (secondary N) is 1. The quantitative estimate of drug-likeness (QED) is 0.861. The molecule has 1 N–H and O–H groups in total. The summed E-state index contributed by atoms with van der Waals surface area (Å²) in [5.41, 5.74) is 1.78. The van der Waals surface area contributed by atoms with Crippen molar-refractivity contribution in [1.82, 2.24) is 20.1 Å². The van der Waals surface area contributed by atoms with Crippen LogP contribution in [0.1, 0.15) is 23.6 Å². The number of piperazine rings is 1. The maximum atomic E-state index is 13.3. The summed E-state index contributed by atoms with van der Waals surface area (Å²) < 4.78 is 13.3. The largest absolute Gasteiger partial charge is 0.345 e. The molecule has 0 spiro atoms. The number of rotatable bonds is 6. The van der Waals surface area contributed by atoms with E-state index in [4.69, 9.17) is 0 Å². The lowest BCUT2D eigenvalue weighted by Crippen LogP contribution is -2.45. The van der Waals surface area contributed by atoms with E-state index in [0.29, 0.717) is 6.42 Å². The van der Waals surface area contributed by atoms with Gasteiger partial charge in [0.1, 0.15) is 5.82 Å². The maximum absolute atomic E-state index is 13.3. The highest BCUT2D eigenvalue weighted by Crippen LogP contribution is 2.22. The summed E-state index contributed by atoms with van der Waals surface area (Å²) in [4.78, 5) is 21.2. The second-order valence-electron chi connectivity index (χ2n) is 6.73. The molecule has 0 radical (unpaired) electrons. The molecular formula is C20H25FN4O. The van der Waals surface area contributed by atoms with Crippen LogP contribution in [-0.2, 0) is 4.79 Å². The summed E-state index contributed by atoms with van der Waals surface area (Å²) >= 11 is 0. The van der Waals surface area contributed by atoms with E-state index in [-0.39, 0.29) is 17.8 Å². The fourth-order valence-corrected chi connectivity index (χ4v) is 3.13. The minimum Gasteiger partial charge on any atom is -0.345 e. The molecule has 0 saturated carbocycles. The van der Waals surface area contributed by atoms with Crippen molar-refractivity contribution in [1.29, 1.82) is 0 Å². The predicted molar refractivity (Wildman–Crippen MR) is 99.2 cm³/mol. The van der Waals surface area contributed by atoms with Crippen LogP contribution in [0, 0.1) is 5.82 Å². The van der Waals surface area contributed by atoms with Gasteiger partial charge in [-0.05, 0) is 42.4 Å². The first kappa shape index (κ1) is 18.5. The number of halogens is 1. The van der Waals surface area contributed by atoms with Gasteiger partial charge in [-0.15, -0.1) is 0 Å². The van der Waals surface area contributed by atoms with Crippen LogP contribution in [0.5, 0.6) is 0 Å². The third kappa shape index (κ3) is 5.09. The fourth-order valence-electron chi connectivity index (χ4n) is 3.13. The van der Waals surface area contributed by atoms with E-state index in [1.165, 1.54) is 12.1 Å². The van der Waals surface area contributed by atoms with Crippen LogP contribution in [0.25, 0.3) is 0 Å². The Kier molecular flexibility index (Phi) is 6.30. The molecule has 0 aliphatic carbocycles. The van der Waals surface area contributed by atoms with Gasteiger partial charge in [0.2, 0.25) is 5.91 Å². The number of amides is 1. The number of aromatic nitrogens is 1. The van der Waals surface area contributed by atoms with Crippen molar-refractivity contribution in [3.63, 3.8) is 0 Å². The van der Waals surface area contributed by atoms with Crippen molar-refractivity contribution in [3.8, 4) is 0 Å². The van der Waals surface area contributed by atoms with Crippen molar-refractivity contribution < 1.29 is 9.18 Å².